The summed E-state index contributed by atoms with van der Waals surface area (Å²) in [7, 11) is 1.57. The molecular formula is C19H27N5O4S. The molecule has 1 aliphatic carbocycles. The molecule has 29 heavy (non-hydrogen) atoms. The van der Waals surface area contributed by atoms with Gasteiger partial charge >= 0.3 is 6.09 Å². The third kappa shape index (κ3) is 5.93. The lowest BCUT2D eigenvalue weighted by Gasteiger charge is -2.16. The first-order valence-corrected chi connectivity index (χ1v) is 10.6. The minimum absolute atomic E-state index is 0.101. The quantitative estimate of drug-likeness (QED) is 0.602. The fourth-order valence-corrected chi connectivity index (χ4v) is 3.95. The van der Waals surface area contributed by atoms with Gasteiger partial charge in [0.25, 0.3) is 0 Å². The van der Waals surface area contributed by atoms with Gasteiger partial charge in [-0.1, -0.05) is 18.3 Å². The predicted molar refractivity (Wildman–Crippen MR) is 109 cm³/mol. The number of thiazole rings is 1. The monoisotopic (exact) mass is 421 g/mol. The second-order valence-corrected chi connectivity index (χ2v) is 8.28. The molecular weight excluding hydrogens is 394 g/mol. The van der Waals surface area contributed by atoms with Crippen molar-refractivity contribution in [2.24, 2.45) is 0 Å². The van der Waals surface area contributed by atoms with Crippen LogP contribution in [0.4, 0.5) is 10.6 Å². The molecule has 1 saturated carbocycles. The van der Waals surface area contributed by atoms with E-state index in [0.717, 1.165) is 31.4 Å². The van der Waals surface area contributed by atoms with Gasteiger partial charge in [-0.05, 0) is 32.6 Å². The number of ether oxygens (including phenoxy) is 2. The van der Waals surface area contributed by atoms with Crippen LogP contribution in [0.2, 0.25) is 0 Å². The zero-order valence-electron chi connectivity index (χ0n) is 16.9. The molecule has 0 aromatic carbocycles. The molecule has 10 heteroatoms. The highest BCUT2D eigenvalue weighted by atomic mass is 32.1. The number of hydrogen-bond donors (Lipinski definition) is 3. The van der Waals surface area contributed by atoms with Gasteiger partial charge in [-0.3, -0.25) is 9.89 Å². The Balaban J connectivity index is 1.47. The van der Waals surface area contributed by atoms with Gasteiger partial charge in [0.05, 0.1) is 19.7 Å². The van der Waals surface area contributed by atoms with Crippen LogP contribution >= 0.6 is 11.3 Å². The minimum atomic E-state index is -0.360. The standard InChI is InChI=1S/C19H27N5O4S/c1-4-11(2)21-19(26)28-13-6-5-12(7-13)14-8-15(24-23-14)22-16(25)9-17-20-10-18(27-3)29-17/h8,10-13H,4-7,9H2,1-3H3,(H,21,26)(H2,22,23,24,25)/t11-,12-,13+/m0/s1. The number of alkyl carbamates (subject to hydrolysis) is 1. The Morgan fingerprint density at radius 2 is 2.24 bits per heavy atom. The fraction of sp³-hybridized carbons (Fsp3) is 0.579. The average molecular weight is 422 g/mol. The van der Waals surface area contributed by atoms with Crippen LogP contribution in [0, 0.1) is 0 Å². The molecule has 2 aromatic heterocycles. The molecule has 158 valence electrons. The summed E-state index contributed by atoms with van der Waals surface area (Å²) >= 11 is 1.34. The lowest BCUT2D eigenvalue weighted by atomic mass is 10.0. The van der Waals surface area contributed by atoms with Crippen LogP contribution in [0.1, 0.15) is 56.2 Å². The molecule has 1 fully saturated rings. The van der Waals surface area contributed by atoms with Crippen molar-refractivity contribution in [3.63, 3.8) is 0 Å². The minimum Gasteiger partial charge on any atom is -0.486 e. The molecule has 1 aliphatic rings. The molecule has 0 unspecified atom stereocenters. The Kier molecular flexibility index (Phi) is 7.08. The normalized spacial score (nSPS) is 19.6. The van der Waals surface area contributed by atoms with Crippen molar-refractivity contribution >= 4 is 29.2 Å². The highest BCUT2D eigenvalue weighted by Gasteiger charge is 2.30. The third-order valence-corrected chi connectivity index (χ3v) is 5.94. The number of methoxy groups -OCH3 is 1. The van der Waals surface area contributed by atoms with Crippen molar-refractivity contribution in [3.8, 4) is 5.06 Å². The molecule has 0 bridgehead atoms. The van der Waals surface area contributed by atoms with Gasteiger partial charge in [-0.15, -0.1) is 0 Å². The number of amides is 2. The van der Waals surface area contributed by atoms with Gasteiger partial charge in [-0.25, -0.2) is 9.78 Å². The molecule has 0 spiro atoms. The lowest BCUT2D eigenvalue weighted by molar-refractivity contribution is -0.115. The summed E-state index contributed by atoms with van der Waals surface area (Å²) in [6, 6.07) is 1.94. The molecule has 2 aromatic rings. The molecule has 2 heterocycles. The van der Waals surface area contributed by atoms with E-state index in [9.17, 15) is 9.59 Å². The van der Waals surface area contributed by atoms with E-state index >= 15 is 0 Å². The third-order valence-electron chi connectivity index (χ3n) is 4.99. The van der Waals surface area contributed by atoms with Crippen LogP contribution in [-0.2, 0) is 16.0 Å². The van der Waals surface area contributed by atoms with Crippen LogP contribution in [0.25, 0.3) is 0 Å². The van der Waals surface area contributed by atoms with Crippen molar-refractivity contribution in [2.75, 3.05) is 12.4 Å². The lowest BCUT2D eigenvalue weighted by Crippen LogP contribution is -2.34. The number of H-pyrrole nitrogens is 1. The molecule has 0 radical (unpaired) electrons. The Bertz CT molecular complexity index is 836. The van der Waals surface area contributed by atoms with Crippen molar-refractivity contribution in [1.82, 2.24) is 20.5 Å². The maximum absolute atomic E-state index is 12.2. The molecule has 3 rings (SSSR count). The number of aromatic nitrogens is 3. The smallest absolute Gasteiger partial charge is 0.407 e. The number of anilines is 1. The zero-order chi connectivity index (χ0) is 20.8. The summed E-state index contributed by atoms with van der Waals surface area (Å²) in [6.45, 7) is 3.96. The number of nitrogens with one attached hydrogen (secondary N) is 3. The van der Waals surface area contributed by atoms with Crippen molar-refractivity contribution < 1.29 is 19.1 Å². The average Bonchev–Trinajstić information content (AvgIpc) is 3.42. The second-order valence-electron chi connectivity index (χ2n) is 7.20. The van der Waals surface area contributed by atoms with Gasteiger partial charge in [-0.2, -0.15) is 5.10 Å². The van der Waals surface area contributed by atoms with Crippen molar-refractivity contribution in [3.05, 3.63) is 23.0 Å². The van der Waals surface area contributed by atoms with E-state index in [1.807, 2.05) is 19.9 Å². The summed E-state index contributed by atoms with van der Waals surface area (Å²) in [5, 5.41) is 14.1. The SMILES string of the molecule is CC[C@H](C)NC(=O)O[C@@H]1CC[C@H](c2cc(NC(=O)Cc3ncc(OC)s3)n[nH]2)C1. The molecule has 2 amide bonds. The number of aromatic amines is 1. The van der Waals surface area contributed by atoms with Crippen molar-refractivity contribution in [2.45, 2.75) is 64.0 Å². The molecule has 0 saturated heterocycles. The first-order chi connectivity index (χ1) is 14.0. The van der Waals surface area contributed by atoms with Gasteiger partial charge in [0.1, 0.15) is 11.1 Å². The topological polar surface area (TPSA) is 118 Å². The van der Waals surface area contributed by atoms with E-state index in [2.05, 4.69) is 25.8 Å². The largest absolute Gasteiger partial charge is 0.486 e. The van der Waals surface area contributed by atoms with E-state index in [1.54, 1.807) is 13.3 Å². The van der Waals surface area contributed by atoms with Gasteiger partial charge in [0.2, 0.25) is 5.91 Å². The zero-order valence-corrected chi connectivity index (χ0v) is 17.7. The summed E-state index contributed by atoms with van der Waals surface area (Å²) in [5.74, 6) is 0.513. The van der Waals surface area contributed by atoms with E-state index in [4.69, 9.17) is 9.47 Å². The fourth-order valence-electron chi connectivity index (χ4n) is 3.22. The maximum Gasteiger partial charge on any atom is 0.407 e. The number of nitrogens with zero attached hydrogens (tertiary/aromatic N) is 2. The van der Waals surface area contributed by atoms with E-state index in [-0.39, 0.29) is 36.5 Å². The summed E-state index contributed by atoms with van der Waals surface area (Å²) in [4.78, 5) is 28.2. The molecule has 0 aliphatic heterocycles. The Morgan fingerprint density at radius 3 is 2.97 bits per heavy atom. The first-order valence-electron chi connectivity index (χ1n) is 9.77. The highest BCUT2D eigenvalue weighted by Crippen LogP contribution is 2.35. The van der Waals surface area contributed by atoms with Crippen LogP contribution in [0.15, 0.2) is 12.3 Å². The predicted octanol–water partition coefficient (Wildman–Crippen LogP) is 3.22. The summed E-state index contributed by atoms with van der Waals surface area (Å²) in [6.07, 6.45) is 4.61. The van der Waals surface area contributed by atoms with Gasteiger partial charge in [0.15, 0.2) is 10.9 Å². The maximum atomic E-state index is 12.2. The van der Waals surface area contributed by atoms with Crippen LogP contribution in [0.3, 0.4) is 0 Å². The highest BCUT2D eigenvalue weighted by molar-refractivity contribution is 7.13. The van der Waals surface area contributed by atoms with Crippen molar-refractivity contribution in [1.29, 1.82) is 0 Å². The van der Waals surface area contributed by atoms with E-state index in [1.165, 1.54) is 11.3 Å². The number of hydrogen-bond acceptors (Lipinski definition) is 7. The van der Waals surface area contributed by atoms with E-state index < -0.39 is 0 Å². The number of carbonyl (C=O) groups excluding carboxylic acids is 2. The number of carbonyl (C=O) groups is 2. The first kappa shape index (κ1) is 21.1. The van der Waals surface area contributed by atoms with Gasteiger partial charge < -0.3 is 20.1 Å². The second kappa shape index (κ2) is 9.73. The Labute approximate surface area is 173 Å². The summed E-state index contributed by atoms with van der Waals surface area (Å²) in [5.41, 5.74) is 0.935. The van der Waals surface area contributed by atoms with Crippen LogP contribution in [0.5, 0.6) is 5.06 Å². The number of rotatable bonds is 8. The Morgan fingerprint density at radius 1 is 1.41 bits per heavy atom. The van der Waals surface area contributed by atoms with Crippen LogP contribution < -0.4 is 15.4 Å². The van der Waals surface area contributed by atoms with Gasteiger partial charge in [0, 0.05) is 23.7 Å². The summed E-state index contributed by atoms with van der Waals surface area (Å²) < 4.78 is 10.6. The molecule has 3 atom stereocenters. The van der Waals surface area contributed by atoms with E-state index in [0.29, 0.717) is 15.9 Å². The molecule has 9 nitrogen and oxygen atoms in total. The van der Waals surface area contributed by atoms with Crippen LogP contribution in [-0.4, -0.2) is 46.4 Å². The Hall–Kier alpha value is -2.62. The molecule has 3 N–H and O–H groups in total.